The summed E-state index contributed by atoms with van der Waals surface area (Å²) < 4.78 is 13.9. The Kier molecular flexibility index (Phi) is 5.32. The zero-order valence-corrected chi connectivity index (χ0v) is 16.6. The molecular weight excluding hydrogens is 388 g/mol. The van der Waals surface area contributed by atoms with E-state index in [4.69, 9.17) is 5.73 Å². The molecule has 0 spiro atoms. The van der Waals surface area contributed by atoms with Crippen LogP contribution >= 0.6 is 0 Å². The van der Waals surface area contributed by atoms with Crippen LogP contribution in [0.4, 0.5) is 0 Å². The van der Waals surface area contributed by atoms with Crippen LogP contribution in [0, 0.1) is 0 Å². The Balaban J connectivity index is 1.74. The SMILES string of the molecule is CC[S+]([O-])c1cccc(C(CC(N)=O)n2cc(-c3ncnc4[nH]ccc34)cn2)c1. The van der Waals surface area contributed by atoms with Gasteiger partial charge in [0.1, 0.15) is 17.7 Å². The van der Waals surface area contributed by atoms with E-state index in [1.54, 1.807) is 10.9 Å². The lowest BCUT2D eigenvalue weighted by Gasteiger charge is -2.18. The van der Waals surface area contributed by atoms with Gasteiger partial charge >= 0.3 is 0 Å². The smallest absolute Gasteiger partial charge is 0.219 e. The van der Waals surface area contributed by atoms with Crippen LogP contribution in [0.1, 0.15) is 24.9 Å². The Labute approximate surface area is 170 Å². The molecule has 8 nitrogen and oxygen atoms in total. The number of primary amides is 1. The molecule has 0 fully saturated rings. The van der Waals surface area contributed by atoms with Crippen molar-refractivity contribution in [3.63, 3.8) is 0 Å². The molecule has 3 N–H and O–H groups in total. The number of aromatic nitrogens is 5. The van der Waals surface area contributed by atoms with E-state index in [9.17, 15) is 9.35 Å². The first-order valence-corrected chi connectivity index (χ1v) is 10.5. The number of rotatable bonds is 7. The van der Waals surface area contributed by atoms with Gasteiger partial charge < -0.3 is 15.3 Å². The summed E-state index contributed by atoms with van der Waals surface area (Å²) in [4.78, 5) is 24.1. The number of carbonyl (C=O) groups is 1. The molecule has 3 heterocycles. The van der Waals surface area contributed by atoms with Crippen molar-refractivity contribution in [2.75, 3.05) is 5.75 Å². The second-order valence-electron chi connectivity index (χ2n) is 6.56. The quantitative estimate of drug-likeness (QED) is 0.454. The molecule has 4 rings (SSSR count). The summed E-state index contributed by atoms with van der Waals surface area (Å²) in [6.45, 7) is 1.87. The zero-order valence-electron chi connectivity index (χ0n) is 15.8. The van der Waals surface area contributed by atoms with E-state index in [1.807, 2.05) is 49.6 Å². The summed E-state index contributed by atoms with van der Waals surface area (Å²) in [7, 11) is 0. The fourth-order valence-electron chi connectivity index (χ4n) is 3.32. The maximum absolute atomic E-state index is 12.2. The molecule has 148 valence electrons. The highest BCUT2D eigenvalue weighted by Gasteiger charge is 2.21. The third kappa shape index (κ3) is 3.87. The van der Waals surface area contributed by atoms with E-state index in [0.29, 0.717) is 5.75 Å². The molecule has 0 aliphatic rings. The van der Waals surface area contributed by atoms with E-state index < -0.39 is 23.1 Å². The van der Waals surface area contributed by atoms with Crippen LogP contribution in [0.25, 0.3) is 22.3 Å². The monoisotopic (exact) mass is 408 g/mol. The minimum atomic E-state index is -1.09. The highest BCUT2D eigenvalue weighted by Crippen LogP contribution is 2.28. The molecule has 2 atom stereocenters. The Morgan fingerprint density at radius 3 is 3.00 bits per heavy atom. The summed E-state index contributed by atoms with van der Waals surface area (Å²) in [5.74, 6) is 0.0834. The molecule has 1 amide bonds. The van der Waals surface area contributed by atoms with Gasteiger partial charge in [-0.25, -0.2) is 9.97 Å². The van der Waals surface area contributed by atoms with Crippen LogP contribution in [0.15, 0.2) is 60.1 Å². The lowest BCUT2D eigenvalue weighted by atomic mass is 10.0. The van der Waals surface area contributed by atoms with Crippen molar-refractivity contribution in [3.05, 3.63) is 60.8 Å². The summed E-state index contributed by atoms with van der Waals surface area (Å²) >= 11 is -1.09. The van der Waals surface area contributed by atoms with Crippen LogP contribution < -0.4 is 5.73 Å². The Bertz CT molecular complexity index is 1150. The molecule has 29 heavy (non-hydrogen) atoms. The first-order valence-electron chi connectivity index (χ1n) is 9.16. The molecule has 4 aromatic rings. The third-order valence-electron chi connectivity index (χ3n) is 4.71. The molecule has 0 bridgehead atoms. The maximum atomic E-state index is 12.2. The fourth-order valence-corrected chi connectivity index (χ4v) is 4.15. The van der Waals surface area contributed by atoms with Crippen molar-refractivity contribution in [2.45, 2.75) is 24.3 Å². The molecule has 0 aliphatic heterocycles. The predicted molar refractivity (Wildman–Crippen MR) is 110 cm³/mol. The van der Waals surface area contributed by atoms with E-state index >= 15 is 0 Å². The molecule has 9 heteroatoms. The highest BCUT2D eigenvalue weighted by molar-refractivity contribution is 7.91. The van der Waals surface area contributed by atoms with Crippen molar-refractivity contribution in [1.82, 2.24) is 24.7 Å². The summed E-state index contributed by atoms with van der Waals surface area (Å²) in [5.41, 5.74) is 8.63. The third-order valence-corrected chi connectivity index (χ3v) is 6.01. The molecule has 0 radical (unpaired) electrons. The second-order valence-corrected chi connectivity index (χ2v) is 8.30. The molecule has 0 aliphatic carbocycles. The van der Waals surface area contributed by atoms with Crippen molar-refractivity contribution < 1.29 is 9.35 Å². The number of aromatic amines is 1. The lowest BCUT2D eigenvalue weighted by Crippen LogP contribution is -2.21. The van der Waals surface area contributed by atoms with E-state index in [2.05, 4.69) is 20.1 Å². The molecule has 2 unspecified atom stereocenters. The average molecular weight is 408 g/mol. The Morgan fingerprint density at radius 2 is 2.21 bits per heavy atom. The topological polar surface area (TPSA) is 126 Å². The first-order chi connectivity index (χ1) is 14.1. The fraction of sp³-hybridized carbons (Fsp3) is 0.200. The number of nitrogens with one attached hydrogen (secondary N) is 1. The molecule has 3 aromatic heterocycles. The first kappa shape index (κ1) is 19.2. The highest BCUT2D eigenvalue weighted by atomic mass is 32.2. The number of H-pyrrole nitrogens is 1. The van der Waals surface area contributed by atoms with Crippen molar-refractivity contribution in [2.24, 2.45) is 5.73 Å². The van der Waals surface area contributed by atoms with Gasteiger partial charge in [0.2, 0.25) is 5.91 Å². The standard InChI is InChI=1S/C20H20N6O2S/c1-2-29(28)15-5-3-4-13(8-15)17(9-18(21)27)26-11-14(10-25-26)19-16-6-7-22-20(16)24-12-23-19/h3-8,10-12,17H,2,9H2,1H3,(H2,21,27)(H,22,23,24). The van der Waals surface area contributed by atoms with Crippen LogP contribution in [0.3, 0.4) is 0 Å². The largest absolute Gasteiger partial charge is 0.611 e. The summed E-state index contributed by atoms with van der Waals surface area (Å²) in [5, 5.41) is 5.36. The van der Waals surface area contributed by atoms with Crippen LogP contribution in [0.5, 0.6) is 0 Å². The predicted octanol–water partition coefficient (Wildman–Crippen LogP) is 2.41. The van der Waals surface area contributed by atoms with Crippen LogP contribution in [-0.2, 0) is 16.0 Å². The van der Waals surface area contributed by atoms with E-state index in [0.717, 1.165) is 32.7 Å². The molecule has 0 saturated carbocycles. The number of fused-ring (bicyclic) bond motifs is 1. The summed E-state index contributed by atoms with van der Waals surface area (Å²) in [6.07, 6.45) is 6.92. The van der Waals surface area contributed by atoms with Gasteiger partial charge in [-0.15, -0.1) is 0 Å². The van der Waals surface area contributed by atoms with Crippen LogP contribution in [0.2, 0.25) is 0 Å². The van der Waals surface area contributed by atoms with Gasteiger partial charge in [-0.1, -0.05) is 12.1 Å². The second kappa shape index (κ2) is 8.06. The number of nitrogens with zero attached hydrogens (tertiary/aromatic N) is 4. The number of amides is 1. The number of hydrogen-bond acceptors (Lipinski definition) is 5. The van der Waals surface area contributed by atoms with Crippen molar-refractivity contribution in [3.8, 4) is 11.3 Å². The maximum Gasteiger partial charge on any atom is 0.219 e. The van der Waals surface area contributed by atoms with Crippen molar-refractivity contribution in [1.29, 1.82) is 0 Å². The van der Waals surface area contributed by atoms with E-state index in [1.165, 1.54) is 6.33 Å². The van der Waals surface area contributed by atoms with Gasteiger partial charge in [0, 0.05) is 23.3 Å². The number of hydrogen-bond donors (Lipinski definition) is 2. The number of nitrogens with two attached hydrogens (primary N) is 1. The zero-order chi connectivity index (χ0) is 20.4. The Morgan fingerprint density at radius 1 is 1.34 bits per heavy atom. The van der Waals surface area contributed by atoms with E-state index in [-0.39, 0.29) is 6.42 Å². The Hall–Kier alpha value is -3.17. The molecule has 0 saturated heterocycles. The average Bonchev–Trinajstić information content (AvgIpc) is 3.40. The molecule has 1 aromatic carbocycles. The van der Waals surface area contributed by atoms with Gasteiger partial charge in [-0.3, -0.25) is 9.48 Å². The number of carbonyl (C=O) groups excluding carboxylic acids is 1. The lowest BCUT2D eigenvalue weighted by molar-refractivity contribution is -0.118. The van der Waals surface area contributed by atoms with Gasteiger partial charge in [0.15, 0.2) is 4.90 Å². The molecular formula is C20H20N6O2S. The van der Waals surface area contributed by atoms with Gasteiger partial charge in [0.25, 0.3) is 0 Å². The van der Waals surface area contributed by atoms with Crippen LogP contribution in [-0.4, -0.2) is 40.9 Å². The number of benzene rings is 1. The minimum Gasteiger partial charge on any atom is -0.611 e. The van der Waals surface area contributed by atoms with Gasteiger partial charge in [0.05, 0.1) is 24.4 Å². The van der Waals surface area contributed by atoms with Gasteiger partial charge in [-0.2, -0.15) is 5.10 Å². The summed E-state index contributed by atoms with van der Waals surface area (Å²) in [6, 6.07) is 8.90. The van der Waals surface area contributed by atoms with Gasteiger partial charge in [-0.05, 0) is 41.9 Å². The van der Waals surface area contributed by atoms with Crippen molar-refractivity contribution >= 4 is 28.1 Å². The minimum absolute atomic E-state index is 0.0761. The normalized spacial score (nSPS) is 13.4.